The summed E-state index contributed by atoms with van der Waals surface area (Å²) in [6.45, 7) is 0.437. The standard InChI is InChI=1S/C13H13N3O3/c17-12(14-8-10-4-2-1-3-5-10)9-16-7-6-11(15-16)13(18)19/h1-7H,8-9H2,(H,14,17)(H,18,19). The molecule has 0 saturated heterocycles. The monoisotopic (exact) mass is 259 g/mol. The summed E-state index contributed by atoms with van der Waals surface area (Å²) in [7, 11) is 0. The number of aromatic carboxylic acids is 1. The van der Waals surface area contributed by atoms with E-state index in [0.29, 0.717) is 6.54 Å². The molecule has 2 rings (SSSR count). The zero-order valence-corrected chi connectivity index (χ0v) is 10.1. The number of carboxylic acid groups (broad SMARTS) is 1. The largest absolute Gasteiger partial charge is 0.476 e. The van der Waals surface area contributed by atoms with Gasteiger partial charge in [-0.05, 0) is 11.6 Å². The van der Waals surface area contributed by atoms with Crippen molar-refractivity contribution in [3.63, 3.8) is 0 Å². The smallest absolute Gasteiger partial charge is 0.356 e. The van der Waals surface area contributed by atoms with Crippen LogP contribution in [-0.4, -0.2) is 26.8 Å². The molecule has 0 bridgehead atoms. The second-order valence-corrected chi connectivity index (χ2v) is 3.97. The van der Waals surface area contributed by atoms with E-state index >= 15 is 0 Å². The molecule has 19 heavy (non-hydrogen) atoms. The number of aromatic nitrogens is 2. The van der Waals surface area contributed by atoms with Gasteiger partial charge in [0.1, 0.15) is 6.54 Å². The molecule has 2 aromatic rings. The summed E-state index contributed by atoms with van der Waals surface area (Å²) in [5.41, 5.74) is 0.929. The fraction of sp³-hybridized carbons (Fsp3) is 0.154. The molecule has 2 N–H and O–H groups in total. The van der Waals surface area contributed by atoms with Crippen molar-refractivity contribution in [2.45, 2.75) is 13.1 Å². The lowest BCUT2D eigenvalue weighted by Crippen LogP contribution is -2.27. The Morgan fingerprint density at radius 1 is 1.21 bits per heavy atom. The topological polar surface area (TPSA) is 84.2 Å². The molecular formula is C13H13N3O3. The van der Waals surface area contributed by atoms with E-state index < -0.39 is 5.97 Å². The van der Waals surface area contributed by atoms with E-state index in [4.69, 9.17) is 5.11 Å². The van der Waals surface area contributed by atoms with Crippen LogP contribution in [0.5, 0.6) is 0 Å². The summed E-state index contributed by atoms with van der Waals surface area (Å²) < 4.78 is 1.30. The van der Waals surface area contributed by atoms with Gasteiger partial charge in [-0.15, -0.1) is 0 Å². The van der Waals surface area contributed by atoms with Crippen molar-refractivity contribution in [3.05, 3.63) is 53.9 Å². The first-order chi connectivity index (χ1) is 9.15. The predicted octanol–water partition coefficient (Wildman–Crippen LogP) is 0.898. The highest BCUT2D eigenvalue weighted by Crippen LogP contribution is 1.98. The van der Waals surface area contributed by atoms with Crippen LogP contribution in [0.1, 0.15) is 16.1 Å². The number of carbonyl (C=O) groups excluding carboxylic acids is 1. The molecule has 98 valence electrons. The third-order valence-corrected chi connectivity index (χ3v) is 2.50. The van der Waals surface area contributed by atoms with E-state index in [-0.39, 0.29) is 18.1 Å². The first-order valence-corrected chi connectivity index (χ1v) is 5.72. The molecule has 1 aromatic heterocycles. The number of hydrogen-bond donors (Lipinski definition) is 2. The van der Waals surface area contributed by atoms with Gasteiger partial charge in [0.15, 0.2) is 5.69 Å². The van der Waals surface area contributed by atoms with E-state index in [9.17, 15) is 9.59 Å². The Bertz CT molecular complexity index is 578. The van der Waals surface area contributed by atoms with E-state index in [1.165, 1.54) is 16.9 Å². The van der Waals surface area contributed by atoms with Gasteiger partial charge in [-0.2, -0.15) is 5.10 Å². The zero-order chi connectivity index (χ0) is 13.7. The minimum Gasteiger partial charge on any atom is -0.476 e. The zero-order valence-electron chi connectivity index (χ0n) is 10.1. The highest BCUT2D eigenvalue weighted by Gasteiger charge is 2.08. The maximum atomic E-state index is 11.6. The van der Waals surface area contributed by atoms with Crippen LogP contribution >= 0.6 is 0 Å². The Balaban J connectivity index is 1.85. The molecule has 0 saturated carbocycles. The van der Waals surface area contributed by atoms with Gasteiger partial charge in [-0.1, -0.05) is 30.3 Å². The lowest BCUT2D eigenvalue weighted by Gasteiger charge is -2.05. The number of nitrogens with one attached hydrogen (secondary N) is 1. The van der Waals surface area contributed by atoms with Crippen LogP contribution in [-0.2, 0) is 17.9 Å². The van der Waals surface area contributed by atoms with Crippen molar-refractivity contribution in [2.24, 2.45) is 0 Å². The lowest BCUT2D eigenvalue weighted by atomic mass is 10.2. The molecule has 6 nitrogen and oxygen atoms in total. The average molecular weight is 259 g/mol. The summed E-state index contributed by atoms with van der Waals surface area (Å²) in [6, 6.07) is 10.9. The van der Waals surface area contributed by atoms with Gasteiger partial charge < -0.3 is 10.4 Å². The van der Waals surface area contributed by atoms with Gasteiger partial charge in [0.05, 0.1) is 0 Å². The van der Waals surface area contributed by atoms with Gasteiger partial charge in [-0.3, -0.25) is 9.48 Å². The van der Waals surface area contributed by atoms with Gasteiger partial charge in [0.2, 0.25) is 5.91 Å². The summed E-state index contributed by atoms with van der Waals surface area (Å²) in [4.78, 5) is 22.3. The Kier molecular flexibility index (Phi) is 3.92. The number of nitrogens with zero attached hydrogens (tertiary/aromatic N) is 2. The summed E-state index contributed by atoms with van der Waals surface area (Å²) in [5.74, 6) is -1.33. The van der Waals surface area contributed by atoms with E-state index in [1.54, 1.807) is 0 Å². The number of benzene rings is 1. The summed E-state index contributed by atoms with van der Waals surface area (Å²) >= 11 is 0. The molecule has 0 aliphatic carbocycles. The molecule has 0 fully saturated rings. The first kappa shape index (κ1) is 12.8. The second kappa shape index (κ2) is 5.81. The number of hydrogen-bond acceptors (Lipinski definition) is 3. The van der Waals surface area contributed by atoms with Crippen molar-refractivity contribution in [1.29, 1.82) is 0 Å². The van der Waals surface area contributed by atoms with Gasteiger partial charge in [-0.25, -0.2) is 4.79 Å². The van der Waals surface area contributed by atoms with Crippen LogP contribution < -0.4 is 5.32 Å². The fourth-order valence-corrected chi connectivity index (χ4v) is 1.56. The molecule has 0 spiro atoms. The van der Waals surface area contributed by atoms with Crippen LogP contribution in [0, 0.1) is 0 Å². The normalized spacial score (nSPS) is 10.1. The van der Waals surface area contributed by atoms with Crippen LogP contribution in [0.3, 0.4) is 0 Å². The number of amides is 1. The van der Waals surface area contributed by atoms with Crippen molar-refractivity contribution in [3.8, 4) is 0 Å². The van der Waals surface area contributed by atoms with Crippen molar-refractivity contribution >= 4 is 11.9 Å². The Labute approximate surface area is 109 Å². The highest BCUT2D eigenvalue weighted by atomic mass is 16.4. The molecule has 1 amide bonds. The molecule has 0 radical (unpaired) electrons. The fourth-order valence-electron chi connectivity index (χ4n) is 1.56. The predicted molar refractivity (Wildman–Crippen MR) is 67.5 cm³/mol. The number of carbonyl (C=O) groups is 2. The second-order valence-electron chi connectivity index (χ2n) is 3.97. The lowest BCUT2D eigenvalue weighted by molar-refractivity contribution is -0.122. The van der Waals surface area contributed by atoms with Crippen LogP contribution in [0.4, 0.5) is 0 Å². The van der Waals surface area contributed by atoms with Crippen molar-refractivity contribution in [2.75, 3.05) is 0 Å². The van der Waals surface area contributed by atoms with Crippen molar-refractivity contribution < 1.29 is 14.7 Å². The van der Waals surface area contributed by atoms with Gasteiger partial charge in [0, 0.05) is 12.7 Å². The molecule has 1 aromatic carbocycles. The molecule has 0 atom stereocenters. The van der Waals surface area contributed by atoms with E-state index in [1.807, 2.05) is 30.3 Å². The minimum atomic E-state index is -1.11. The Morgan fingerprint density at radius 2 is 1.95 bits per heavy atom. The average Bonchev–Trinajstić information content (AvgIpc) is 2.86. The summed E-state index contributed by atoms with van der Waals surface area (Å²) in [5, 5.41) is 15.2. The molecule has 6 heteroatoms. The molecule has 1 heterocycles. The van der Waals surface area contributed by atoms with E-state index in [2.05, 4.69) is 10.4 Å². The molecule has 0 aliphatic rings. The quantitative estimate of drug-likeness (QED) is 0.835. The highest BCUT2D eigenvalue weighted by molar-refractivity contribution is 5.85. The minimum absolute atomic E-state index is 0.000113. The first-order valence-electron chi connectivity index (χ1n) is 5.72. The SMILES string of the molecule is O=C(Cn1ccc(C(=O)O)n1)NCc1ccccc1. The number of rotatable bonds is 5. The van der Waals surface area contributed by atoms with Gasteiger partial charge >= 0.3 is 5.97 Å². The van der Waals surface area contributed by atoms with E-state index in [0.717, 1.165) is 5.56 Å². The van der Waals surface area contributed by atoms with Crippen LogP contribution in [0.25, 0.3) is 0 Å². The third kappa shape index (κ3) is 3.67. The van der Waals surface area contributed by atoms with Crippen LogP contribution in [0.2, 0.25) is 0 Å². The van der Waals surface area contributed by atoms with Crippen LogP contribution in [0.15, 0.2) is 42.6 Å². The van der Waals surface area contributed by atoms with Gasteiger partial charge in [0.25, 0.3) is 0 Å². The van der Waals surface area contributed by atoms with Crippen molar-refractivity contribution in [1.82, 2.24) is 15.1 Å². The maximum absolute atomic E-state index is 11.6. The Hall–Kier alpha value is -2.63. The third-order valence-electron chi connectivity index (χ3n) is 2.50. The molecular weight excluding hydrogens is 246 g/mol. The molecule has 0 aliphatic heterocycles. The number of carboxylic acids is 1. The molecule has 0 unspecified atom stereocenters. The Morgan fingerprint density at radius 3 is 2.58 bits per heavy atom. The summed E-state index contributed by atoms with van der Waals surface area (Å²) in [6.07, 6.45) is 1.46. The maximum Gasteiger partial charge on any atom is 0.356 e.